The SMILES string of the molecule is CC(O)CCCOC1OC(CO)C(O)C(O)C1O.NC(=O)CCCCCCCCCCc1ccc(F)cc1. The topological polar surface area (TPSA) is 163 Å². The Morgan fingerprint density at radius 3 is 2.08 bits per heavy atom. The van der Waals surface area contributed by atoms with E-state index in [0.29, 0.717) is 19.3 Å². The predicted octanol–water partition coefficient (Wildman–Crippen LogP) is 2.33. The van der Waals surface area contributed by atoms with E-state index in [1.807, 2.05) is 12.1 Å². The van der Waals surface area contributed by atoms with Gasteiger partial charge >= 0.3 is 0 Å². The zero-order valence-corrected chi connectivity index (χ0v) is 22.6. The number of aryl methyl sites for hydroxylation is 1. The lowest BCUT2D eigenvalue weighted by molar-refractivity contribution is -0.301. The molecule has 0 aliphatic carbocycles. The van der Waals surface area contributed by atoms with Crippen molar-refractivity contribution >= 4 is 5.91 Å². The molecule has 2 rings (SSSR count). The fourth-order valence-electron chi connectivity index (χ4n) is 4.12. The molecule has 1 heterocycles. The highest BCUT2D eigenvalue weighted by molar-refractivity contribution is 5.73. The first kappa shape index (κ1) is 34.4. The van der Waals surface area contributed by atoms with Gasteiger partial charge in [-0.2, -0.15) is 0 Å². The highest BCUT2D eigenvalue weighted by Gasteiger charge is 2.43. The summed E-state index contributed by atoms with van der Waals surface area (Å²) in [5.74, 6) is -0.351. The Kier molecular flexibility index (Phi) is 18.3. The Morgan fingerprint density at radius 1 is 0.947 bits per heavy atom. The van der Waals surface area contributed by atoms with E-state index in [0.717, 1.165) is 19.3 Å². The van der Waals surface area contributed by atoms with Crippen LogP contribution in [0.3, 0.4) is 0 Å². The molecule has 1 aliphatic heterocycles. The lowest BCUT2D eigenvalue weighted by Gasteiger charge is -2.39. The number of rotatable bonds is 17. The summed E-state index contributed by atoms with van der Waals surface area (Å²) in [4.78, 5) is 10.5. The molecule has 1 aliphatic rings. The summed E-state index contributed by atoms with van der Waals surface area (Å²) in [5, 5.41) is 46.7. The zero-order chi connectivity index (χ0) is 28.3. The van der Waals surface area contributed by atoms with E-state index in [9.17, 15) is 24.5 Å². The molecule has 0 bridgehead atoms. The van der Waals surface area contributed by atoms with Crippen molar-refractivity contribution in [2.45, 2.75) is 121 Å². The summed E-state index contributed by atoms with van der Waals surface area (Å²) < 4.78 is 23.1. The first-order valence-electron chi connectivity index (χ1n) is 13.8. The number of aliphatic hydroxyl groups is 5. The average Bonchev–Trinajstić information content (AvgIpc) is 2.88. The van der Waals surface area contributed by atoms with E-state index >= 15 is 0 Å². The number of halogens is 1. The van der Waals surface area contributed by atoms with Crippen LogP contribution in [0.15, 0.2) is 24.3 Å². The Balaban J connectivity index is 0.000000382. The van der Waals surface area contributed by atoms with Crippen molar-refractivity contribution in [3.05, 3.63) is 35.6 Å². The number of primary amides is 1. The highest BCUT2D eigenvalue weighted by atomic mass is 19.1. The molecule has 9 nitrogen and oxygen atoms in total. The second-order valence-electron chi connectivity index (χ2n) is 9.98. The molecular formula is C28H48FNO8. The molecule has 6 atom stereocenters. The molecule has 6 unspecified atom stereocenters. The number of aliphatic hydroxyl groups excluding tert-OH is 5. The number of amides is 1. The van der Waals surface area contributed by atoms with Crippen LogP contribution in [0.1, 0.15) is 83.1 Å². The van der Waals surface area contributed by atoms with Crippen LogP contribution >= 0.6 is 0 Å². The van der Waals surface area contributed by atoms with E-state index < -0.39 is 43.4 Å². The highest BCUT2D eigenvalue weighted by Crippen LogP contribution is 2.22. The second kappa shape index (κ2) is 20.3. The maximum absolute atomic E-state index is 12.7. The number of benzene rings is 1. The van der Waals surface area contributed by atoms with Gasteiger partial charge in [-0.25, -0.2) is 4.39 Å². The van der Waals surface area contributed by atoms with Gasteiger partial charge in [0.15, 0.2) is 6.29 Å². The van der Waals surface area contributed by atoms with Crippen molar-refractivity contribution in [1.29, 1.82) is 0 Å². The Bertz CT molecular complexity index is 734. The number of hydrogen-bond acceptors (Lipinski definition) is 8. The molecule has 0 spiro atoms. The molecular weight excluding hydrogens is 497 g/mol. The maximum atomic E-state index is 12.7. The Labute approximate surface area is 225 Å². The van der Waals surface area contributed by atoms with Gasteiger partial charge in [0.05, 0.1) is 12.7 Å². The number of ether oxygens (including phenoxy) is 2. The normalized spacial score (nSPS) is 23.9. The lowest BCUT2D eigenvalue weighted by Crippen LogP contribution is -2.59. The van der Waals surface area contributed by atoms with Gasteiger partial charge in [0.2, 0.25) is 5.91 Å². The number of nitrogens with two attached hydrogens (primary N) is 1. The average molecular weight is 546 g/mol. The first-order valence-corrected chi connectivity index (χ1v) is 13.8. The summed E-state index contributed by atoms with van der Waals surface area (Å²) in [7, 11) is 0. The van der Waals surface area contributed by atoms with Crippen molar-refractivity contribution in [2.75, 3.05) is 13.2 Å². The van der Waals surface area contributed by atoms with Crippen molar-refractivity contribution in [3.63, 3.8) is 0 Å². The molecule has 1 saturated heterocycles. The minimum Gasteiger partial charge on any atom is -0.394 e. The summed E-state index contributed by atoms with van der Waals surface area (Å²) in [5.41, 5.74) is 6.30. The van der Waals surface area contributed by atoms with E-state index in [4.69, 9.17) is 25.4 Å². The van der Waals surface area contributed by atoms with Crippen molar-refractivity contribution in [2.24, 2.45) is 5.73 Å². The van der Waals surface area contributed by atoms with Crippen LogP contribution in [-0.4, -0.2) is 81.5 Å². The van der Waals surface area contributed by atoms with Crippen LogP contribution in [0.2, 0.25) is 0 Å². The van der Waals surface area contributed by atoms with E-state index in [-0.39, 0.29) is 18.3 Å². The largest absolute Gasteiger partial charge is 0.394 e. The zero-order valence-electron chi connectivity index (χ0n) is 22.6. The second-order valence-corrected chi connectivity index (χ2v) is 9.98. The fraction of sp³-hybridized carbons (Fsp3) is 0.750. The van der Waals surface area contributed by atoms with Crippen LogP contribution < -0.4 is 5.73 Å². The number of carbonyl (C=O) groups is 1. The van der Waals surface area contributed by atoms with Crippen LogP contribution in [0, 0.1) is 5.82 Å². The molecule has 0 radical (unpaired) electrons. The minimum absolute atomic E-state index is 0.162. The smallest absolute Gasteiger partial charge is 0.217 e. The molecule has 7 N–H and O–H groups in total. The summed E-state index contributed by atoms with van der Waals surface area (Å²) in [6, 6.07) is 6.80. The summed E-state index contributed by atoms with van der Waals surface area (Å²) >= 11 is 0. The van der Waals surface area contributed by atoms with Crippen molar-refractivity contribution in [3.8, 4) is 0 Å². The van der Waals surface area contributed by atoms with Gasteiger partial charge in [-0.15, -0.1) is 0 Å². The quantitative estimate of drug-likeness (QED) is 0.163. The fourth-order valence-corrected chi connectivity index (χ4v) is 4.12. The monoisotopic (exact) mass is 545 g/mol. The number of unbranched alkanes of at least 4 members (excludes halogenated alkanes) is 7. The van der Waals surface area contributed by atoms with Gasteiger partial charge in [-0.1, -0.05) is 50.7 Å². The standard InChI is InChI=1S/C17H26FNO.C11H22O7/c18-16-13-11-15(12-14-16)9-7-5-3-1-2-4-6-8-10-17(19)20;1-6(13)3-2-4-17-11-10(16)9(15)8(14)7(5-12)18-11/h11-14H,1-10H2,(H2,19,20);6-16H,2-5H2,1H3. The molecule has 1 amide bonds. The third kappa shape index (κ3) is 15.1. The van der Waals surface area contributed by atoms with Crippen LogP contribution in [0.25, 0.3) is 0 Å². The third-order valence-corrected chi connectivity index (χ3v) is 6.45. The predicted molar refractivity (Wildman–Crippen MR) is 141 cm³/mol. The number of hydrogen-bond donors (Lipinski definition) is 6. The molecule has 1 fully saturated rings. The molecule has 1 aromatic rings. The lowest BCUT2D eigenvalue weighted by atomic mass is 9.99. The van der Waals surface area contributed by atoms with Crippen molar-refractivity contribution < 1.29 is 44.2 Å². The summed E-state index contributed by atoms with van der Waals surface area (Å²) in [6.45, 7) is 1.43. The Morgan fingerprint density at radius 2 is 1.53 bits per heavy atom. The van der Waals surface area contributed by atoms with Gasteiger partial charge in [-0.3, -0.25) is 4.79 Å². The molecule has 0 saturated carbocycles. The van der Waals surface area contributed by atoms with E-state index in [2.05, 4.69) is 0 Å². The van der Waals surface area contributed by atoms with Gasteiger partial charge in [-0.05, 0) is 56.7 Å². The van der Waals surface area contributed by atoms with Crippen LogP contribution in [0.4, 0.5) is 4.39 Å². The van der Waals surface area contributed by atoms with Crippen LogP contribution in [0.5, 0.6) is 0 Å². The minimum atomic E-state index is -1.42. The van der Waals surface area contributed by atoms with E-state index in [1.54, 1.807) is 6.92 Å². The van der Waals surface area contributed by atoms with Gasteiger partial charge < -0.3 is 40.7 Å². The molecule has 1 aromatic carbocycles. The van der Waals surface area contributed by atoms with Gasteiger partial charge in [0, 0.05) is 13.0 Å². The van der Waals surface area contributed by atoms with Gasteiger partial charge in [0.1, 0.15) is 30.2 Å². The third-order valence-electron chi connectivity index (χ3n) is 6.45. The maximum Gasteiger partial charge on any atom is 0.217 e. The Hall–Kier alpha value is -1.66. The van der Waals surface area contributed by atoms with Crippen LogP contribution in [-0.2, 0) is 20.7 Å². The molecule has 38 heavy (non-hydrogen) atoms. The van der Waals surface area contributed by atoms with E-state index in [1.165, 1.54) is 56.2 Å². The first-order chi connectivity index (χ1) is 18.1. The molecule has 220 valence electrons. The molecule has 0 aromatic heterocycles. The number of carbonyl (C=O) groups excluding carboxylic acids is 1. The van der Waals surface area contributed by atoms with Crippen molar-refractivity contribution in [1.82, 2.24) is 0 Å². The van der Waals surface area contributed by atoms with Gasteiger partial charge in [0.25, 0.3) is 0 Å². The summed E-state index contributed by atoms with van der Waals surface area (Å²) in [6.07, 6.45) is 5.49. The molecule has 10 heteroatoms.